The van der Waals surface area contributed by atoms with Crippen LogP contribution in [0.5, 0.6) is 5.75 Å². The molecular formula is C29H34O11. The third-order valence-electron chi connectivity index (χ3n) is 8.43. The second-order valence-corrected chi connectivity index (χ2v) is 11.0. The fourth-order valence-electron chi connectivity index (χ4n) is 6.24. The van der Waals surface area contributed by atoms with E-state index in [2.05, 4.69) is 19.7 Å². The van der Waals surface area contributed by atoms with Gasteiger partial charge in [0.05, 0.1) is 24.5 Å². The Hall–Kier alpha value is -3.06. The molecule has 1 aromatic carbocycles. The van der Waals surface area contributed by atoms with Crippen molar-refractivity contribution >= 4 is 11.9 Å². The van der Waals surface area contributed by atoms with Crippen molar-refractivity contribution in [1.29, 1.82) is 0 Å². The predicted molar refractivity (Wildman–Crippen MR) is 137 cm³/mol. The van der Waals surface area contributed by atoms with E-state index < -0.39 is 79.4 Å². The van der Waals surface area contributed by atoms with E-state index in [9.17, 15) is 35.1 Å². The van der Waals surface area contributed by atoms with Crippen molar-refractivity contribution in [3.8, 4) is 5.75 Å². The molecule has 2 heterocycles. The van der Waals surface area contributed by atoms with E-state index in [-0.39, 0.29) is 30.1 Å². The molecule has 0 aromatic heterocycles. The van der Waals surface area contributed by atoms with Crippen LogP contribution in [0.2, 0.25) is 0 Å². The molecule has 11 atom stereocenters. The highest BCUT2D eigenvalue weighted by Crippen LogP contribution is 2.53. The van der Waals surface area contributed by atoms with Crippen LogP contribution in [-0.4, -0.2) is 93.1 Å². The minimum absolute atomic E-state index is 0.0608. The lowest BCUT2D eigenvalue weighted by Gasteiger charge is -2.41. The zero-order chi connectivity index (χ0) is 28.9. The molecule has 2 aliphatic heterocycles. The molecule has 1 aromatic rings. The quantitative estimate of drug-likeness (QED) is 0.184. The van der Waals surface area contributed by atoms with E-state index in [1.165, 1.54) is 12.1 Å². The summed E-state index contributed by atoms with van der Waals surface area (Å²) >= 11 is 0. The number of carbonyl (C=O) groups excluding carboxylic acids is 2. The molecule has 40 heavy (non-hydrogen) atoms. The number of hydrogen-bond donors (Lipinski definition) is 5. The van der Waals surface area contributed by atoms with E-state index >= 15 is 0 Å². The smallest absolute Gasteiger partial charge is 0.334 e. The van der Waals surface area contributed by atoms with Crippen LogP contribution >= 0.6 is 0 Å². The van der Waals surface area contributed by atoms with Gasteiger partial charge in [-0.05, 0) is 42.0 Å². The van der Waals surface area contributed by atoms with Gasteiger partial charge in [0.2, 0.25) is 0 Å². The average Bonchev–Trinajstić information content (AvgIpc) is 3.36. The molecule has 2 aliphatic carbocycles. The summed E-state index contributed by atoms with van der Waals surface area (Å²) in [6, 6.07) is 6.02. The Balaban J connectivity index is 1.25. The molecule has 11 heteroatoms. The highest BCUT2D eigenvalue weighted by molar-refractivity contribution is 5.91. The summed E-state index contributed by atoms with van der Waals surface area (Å²) in [6.45, 7) is 11.7. The van der Waals surface area contributed by atoms with Gasteiger partial charge in [-0.2, -0.15) is 0 Å². The lowest BCUT2D eigenvalue weighted by atomic mass is 9.81. The molecular weight excluding hydrogens is 524 g/mol. The van der Waals surface area contributed by atoms with Crippen molar-refractivity contribution in [1.82, 2.24) is 0 Å². The third-order valence-corrected chi connectivity index (χ3v) is 8.43. The minimum atomic E-state index is -1.65. The summed E-state index contributed by atoms with van der Waals surface area (Å²) in [4.78, 5) is 24.6. The SMILES string of the molecule is C=C1CC(O)C2C(=C)C(=O)OC2C2C(=C)C(OC3OC(COC(=O)Cc4ccc(O)cc4)C(O)C(O)C3O)CC12. The lowest BCUT2D eigenvalue weighted by Crippen LogP contribution is -2.60. The van der Waals surface area contributed by atoms with Gasteiger partial charge < -0.3 is 44.5 Å². The van der Waals surface area contributed by atoms with Crippen molar-refractivity contribution in [3.63, 3.8) is 0 Å². The predicted octanol–water partition coefficient (Wildman–Crippen LogP) is 0.282. The van der Waals surface area contributed by atoms with Gasteiger partial charge in [-0.3, -0.25) is 4.79 Å². The van der Waals surface area contributed by atoms with Crippen LogP contribution in [0.4, 0.5) is 0 Å². The van der Waals surface area contributed by atoms with Gasteiger partial charge in [-0.1, -0.05) is 37.4 Å². The van der Waals surface area contributed by atoms with E-state index in [1.807, 2.05) is 0 Å². The number of aliphatic hydroxyl groups is 4. The molecule has 4 fully saturated rings. The van der Waals surface area contributed by atoms with Crippen molar-refractivity contribution in [3.05, 3.63) is 66.3 Å². The second kappa shape index (κ2) is 11.1. The molecule has 0 bridgehead atoms. The summed E-state index contributed by atoms with van der Waals surface area (Å²) in [5.74, 6) is -2.37. The Bertz CT molecular complexity index is 1190. The minimum Gasteiger partial charge on any atom is -0.508 e. The number of rotatable bonds is 6. The summed E-state index contributed by atoms with van der Waals surface area (Å²) in [7, 11) is 0. The van der Waals surface area contributed by atoms with Gasteiger partial charge in [0, 0.05) is 11.5 Å². The van der Waals surface area contributed by atoms with Crippen molar-refractivity contribution < 1.29 is 54.1 Å². The number of aliphatic hydroxyl groups excluding tert-OH is 4. The number of fused-ring (bicyclic) bond motifs is 3. The standard InChI is InChI=1S/C29H34O11/c1-12-8-18(31)23-14(3)28(36)40-27(23)22-13(2)19(10-17(12)22)38-29-26(35)25(34)24(33)20(39-29)11-37-21(32)9-15-4-6-16(30)7-5-15/h4-7,17-20,22-27,29-31,33-35H,1-3,8-11H2. The first-order valence-corrected chi connectivity index (χ1v) is 13.2. The van der Waals surface area contributed by atoms with Gasteiger partial charge in [0.25, 0.3) is 0 Å². The zero-order valence-corrected chi connectivity index (χ0v) is 21.8. The first-order valence-electron chi connectivity index (χ1n) is 13.2. The monoisotopic (exact) mass is 558 g/mol. The van der Waals surface area contributed by atoms with E-state index in [1.54, 1.807) is 12.1 Å². The van der Waals surface area contributed by atoms with Crippen molar-refractivity contribution in [2.75, 3.05) is 6.61 Å². The highest BCUT2D eigenvalue weighted by atomic mass is 16.7. The molecule has 2 saturated heterocycles. The molecule has 11 unspecified atom stereocenters. The Labute approximate surface area is 230 Å². The zero-order valence-electron chi connectivity index (χ0n) is 21.8. The van der Waals surface area contributed by atoms with Gasteiger partial charge in [0.1, 0.15) is 42.9 Å². The number of benzene rings is 1. The maximum absolute atomic E-state index is 12.3. The summed E-state index contributed by atoms with van der Waals surface area (Å²) in [5, 5.41) is 51.7. The number of hydrogen-bond acceptors (Lipinski definition) is 11. The lowest BCUT2D eigenvalue weighted by molar-refractivity contribution is -0.308. The molecule has 4 aliphatic rings. The highest BCUT2D eigenvalue weighted by Gasteiger charge is 2.57. The normalized spacial score (nSPS) is 39.4. The van der Waals surface area contributed by atoms with Crippen LogP contribution in [0.3, 0.4) is 0 Å². The molecule has 5 N–H and O–H groups in total. The Morgan fingerprint density at radius 1 is 1.00 bits per heavy atom. The van der Waals surface area contributed by atoms with Crippen molar-refractivity contribution in [2.24, 2.45) is 17.8 Å². The third kappa shape index (κ3) is 5.20. The van der Waals surface area contributed by atoms with E-state index in [0.29, 0.717) is 17.6 Å². The van der Waals surface area contributed by atoms with Crippen molar-refractivity contribution in [2.45, 2.75) is 68.3 Å². The number of carbonyl (C=O) groups is 2. The van der Waals surface area contributed by atoms with Crippen LogP contribution in [0.15, 0.2) is 60.7 Å². The van der Waals surface area contributed by atoms with E-state index in [4.69, 9.17) is 18.9 Å². The Morgan fingerprint density at radius 2 is 1.70 bits per heavy atom. The second-order valence-electron chi connectivity index (χ2n) is 11.0. The molecule has 5 rings (SSSR count). The van der Waals surface area contributed by atoms with Gasteiger partial charge in [-0.25, -0.2) is 4.79 Å². The molecule has 0 spiro atoms. The maximum atomic E-state index is 12.3. The fourth-order valence-corrected chi connectivity index (χ4v) is 6.24. The first kappa shape index (κ1) is 28.5. The summed E-state index contributed by atoms with van der Waals surface area (Å²) in [5.41, 5.74) is 2.12. The van der Waals surface area contributed by atoms with E-state index in [0.717, 1.165) is 5.57 Å². The maximum Gasteiger partial charge on any atom is 0.334 e. The number of aromatic hydroxyl groups is 1. The number of phenolic OH excluding ortho intramolecular Hbond substituents is 1. The Kier molecular flexibility index (Phi) is 7.88. The van der Waals surface area contributed by atoms with Crippen LogP contribution < -0.4 is 0 Å². The van der Waals surface area contributed by atoms with Crippen LogP contribution in [-0.2, 0) is 35.0 Å². The summed E-state index contributed by atoms with van der Waals surface area (Å²) < 4.78 is 22.7. The summed E-state index contributed by atoms with van der Waals surface area (Å²) in [6.07, 6.45) is -9.11. The van der Waals surface area contributed by atoms with Crippen LogP contribution in [0.1, 0.15) is 18.4 Å². The van der Waals surface area contributed by atoms with Crippen LogP contribution in [0, 0.1) is 17.8 Å². The largest absolute Gasteiger partial charge is 0.508 e. The molecule has 11 nitrogen and oxygen atoms in total. The topological polar surface area (TPSA) is 172 Å². The fraction of sp³-hybridized carbons (Fsp3) is 0.517. The number of ether oxygens (including phenoxy) is 4. The molecule has 216 valence electrons. The molecule has 0 radical (unpaired) electrons. The molecule has 2 saturated carbocycles. The number of esters is 2. The van der Waals surface area contributed by atoms with Gasteiger partial charge >= 0.3 is 11.9 Å². The Morgan fingerprint density at radius 3 is 2.40 bits per heavy atom. The average molecular weight is 559 g/mol. The first-order chi connectivity index (χ1) is 19.0. The van der Waals surface area contributed by atoms with Crippen LogP contribution in [0.25, 0.3) is 0 Å². The number of phenols is 1. The molecule has 0 amide bonds. The van der Waals surface area contributed by atoms with Gasteiger partial charge in [0.15, 0.2) is 6.29 Å². The van der Waals surface area contributed by atoms with Gasteiger partial charge in [-0.15, -0.1) is 0 Å².